The lowest BCUT2D eigenvalue weighted by atomic mass is 9.97. The van der Waals surface area contributed by atoms with Crippen molar-refractivity contribution in [1.82, 2.24) is 4.90 Å². The van der Waals surface area contributed by atoms with Gasteiger partial charge >= 0.3 is 5.97 Å². The number of rotatable bonds is 2. The zero-order valence-corrected chi connectivity index (χ0v) is 12.4. The van der Waals surface area contributed by atoms with Crippen molar-refractivity contribution < 1.29 is 14.7 Å². The lowest BCUT2D eigenvalue weighted by Gasteiger charge is -2.31. The minimum atomic E-state index is -0.845. The molecule has 19 heavy (non-hydrogen) atoms. The fourth-order valence-corrected chi connectivity index (χ4v) is 2.78. The number of carbonyl (C=O) groups is 2. The minimum Gasteiger partial charge on any atom is -0.481 e. The molecule has 1 aromatic carbocycles. The summed E-state index contributed by atoms with van der Waals surface area (Å²) in [6.07, 6.45) is 1.33. The van der Waals surface area contributed by atoms with Gasteiger partial charge in [0.25, 0.3) is 5.91 Å². The minimum absolute atomic E-state index is 0.180. The maximum atomic E-state index is 12.4. The van der Waals surface area contributed by atoms with E-state index in [-0.39, 0.29) is 12.5 Å². The Balaban J connectivity index is 2.19. The maximum absolute atomic E-state index is 12.4. The molecule has 1 unspecified atom stereocenters. The number of carbonyl (C=O) groups excluding carboxylic acids is 1. The molecule has 1 fully saturated rings. The van der Waals surface area contributed by atoms with E-state index >= 15 is 0 Å². The van der Waals surface area contributed by atoms with Crippen LogP contribution in [0, 0.1) is 5.92 Å². The zero-order chi connectivity index (χ0) is 14.0. The van der Waals surface area contributed by atoms with Crippen LogP contribution in [0.3, 0.4) is 0 Å². The van der Waals surface area contributed by atoms with Gasteiger partial charge in [0.1, 0.15) is 0 Å². The summed E-state index contributed by atoms with van der Waals surface area (Å²) in [5.41, 5.74) is 0.471. The Morgan fingerprint density at radius 2 is 2.16 bits per heavy atom. The van der Waals surface area contributed by atoms with Crippen LogP contribution in [0.1, 0.15) is 23.2 Å². The number of hydrogen-bond acceptors (Lipinski definition) is 2. The van der Waals surface area contributed by atoms with Crippen LogP contribution in [0.4, 0.5) is 0 Å². The van der Waals surface area contributed by atoms with E-state index in [0.29, 0.717) is 34.4 Å². The van der Waals surface area contributed by atoms with Crippen molar-refractivity contribution in [3.05, 3.63) is 33.3 Å². The van der Waals surface area contributed by atoms with Crippen molar-refractivity contribution in [2.45, 2.75) is 12.8 Å². The first-order chi connectivity index (χ1) is 8.99. The van der Waals surface area contributed by atoms with E-state index in [0.717, 1.165) is 0 Å². The van der Waals surface area contributed by atoms with Gasteiger partial charge in [-0.2, -0.15) is 0 Å². The smallest absolute Gasteiger partial charge is 0.308 e. The molecule has 0 saturated carbocycles. The van der Waals surface area contributed by atoms with E-state index in [1.54, 1.807) is 23.1 Å². The van der Waals surface area contributed by atoms with Gasteiger partial charge in [-0.05, 0) is 47.0 Å². The summed E-state index contributed by atoms with van der Waals surface area (Å²) in [5.74, 6) is -1.50. The number of benzene rings is 1. The molecule has 1 aromatic rings. The van der Waals surface area contributed by atoms with Crippen LogP contribution in [0.2, 0.25) is 5.02 Å². The normalized spacial score (nSPS) is 19.3. The van der Waals surface area contributed by atoms with E-state index in [2.05, 4.69) is 15.9 Å². The summed E-state index contributed by atoms with van der Waals surface area (Å²) in [4.78, 5) is 25.0. The fraction of sp³-hybridized carbons (Fsp3) is 0.385. The van der Waals surface area contributed by atoms with E-state index < -0.39 is 11.9 Å². The van der Waals surface area contributed by atoms with Gasteiger partial charge < -0.3 is 10.0 Å². The van der Waals surface area contributed by atoms with Gasteiger partial charge in [-0.1, -0.05) is 11.6 Å². The molecule has 6 heteroatoms. The van der Waals surface area contributed by atoms with Crippen molar-refractivity contribution in [1.29, 1.82) is 0 Å². The van der Waals surface area contributed by atoms with Crippen LogP contribution >= 0.6 is 27.5 Å². The number of carboxylic acid groups (broad SMARTS) is 1. The van der Waals surface area contributed by atoms with Gasteiger partial charge in [0.2, 0.25) is 0 Å². The van der Waals surface area contributed by atoms with Gasteiger partial charge in [-0.15, -0.1) is 0 Å². The van der Waals surface area contributed by atoms with Crippen LogP contribution in [-0.2, 0) is 4.79 Å². The monoisotopic (exact) mass is 345 g/mol. The van der Waals surface area contributed by atoms with Crippen molar-refractivity contribution in [3.8, 4) is 0 Å². The molecule has 0 bridgehead atoms. The molecule has 0 aromatic heterocycles. The Kier molecular flexibility index (Phi) is 4.47. The molecule has 0 spiro atoms. The van der Waals surface area contributed by atoms with Gasteiger partial charge in [0.05, 0.1) is 11.5 Å². The summed E-state index contributed by atoms with van der Waals surface area (Å²) in [7, 11) is 0. The predicted molar refractivity (Wildman–Crippen MR) is 75.4 cm³/mol. The molecule has 1 aliphatic rings. The molecule has 102 valence electrons. The molecule has 1 amide bonds. The number of piperidine rings is 1. The largest absolute Gasteiger partial charge is 0.481 e. The number of carboxylic acids is 1. The molecule has 0 aliphatic carbocycles. The number of hydrogen-bond donors (Lipinski definition) is 1. The lowest BCUT2D eigenvalue weighted by molar-refractivity contribution is -0.143. The molecule has 0 radical (unpaired) electrons. The highest BCUT2D eigenvalue weighted by Crippen LogP contribution is 2.25. The van der Waals surface area contributed by atoms with Gasteiger partial charge in [-0.25, -0.2) is 0 Å². The molecular weight excluding hydrogens is 334 g/mol. The summed E-state index contributed by atoms with van der Waals surface area (Å²) in [6.45, 7) is 0.842. The number of amides is 1. The molecule has 2 rings (SSSR count). The Morgan fingerprint density at radius 3 is 2.84 bits per heavy atom. The Labute approximate surface area is 124 Å². The average Bonchev–Trinajstić information content (AvgIpc) is 2.41. The highest BCUT2D eigenvalue weighted by atomic mass is 79.9. The van der Waals surface area contributed by atoms with Crippen molar-refractivity contribution >= 4 is 39.4 Å². The predicted octanol–water partition coefficient (Wildman–Crippen LogP) is 3.04. The van der Waals surface area contributed by atoms with Crippen molar-refractivity contribution in [2.75, 3.05) is 13.1 Å². The van der Waals surface area contributed by atoms with Crippen molar-refractivity contribution in [3.63, 3.8) is 0 Å². The standard InChI is InChI=1S/C13H13BrClNO3/c14-11-4-3-9(15)6-10(11)12(17)16-5-1-2-8(7-16)13(18)19/h3-4,6,8H,1-2,5,7H2,(H,18,19). The fourth-order valence-electron chi connectivity index (χ4n) is 2.19. The number of aliphatic carboxylic acids is 1. The Bertz CT molecular complexity index is 521. The first-order valence-corrected chi connectivity index (χ1v) is 7.13. The topological polar surface area (TPSA) is 57.6 Å². The summed E-state index contributed by atoms with van der Waals surface area (Å²) in [5, 5.41) is 9.52. The molecule has 1 aliphatic heterocycles. The highest BCUT2D eigenvalue weighted by Gasteiger charge is 2.29. The molecule has 1 saturated heterocycles. The molecular formula is C13H13BrClNO3. The van der Waals surface area contributed by atoms with Gasteiger partial charge in [-0.3, -0.25) is 9.59 Å². The first-order valence-electron chi connectivity index (χ1n) is 5.96. The van der Waals surface area contributed by atoms with Crippen LogP contribution in [0.15, 0.2) is 22.7 Å². The van der Waals surface area contributed by atoms with Gasteiger partial charge in [0.15, 0.2) is 0 Å². The number of nitrogens with zero attached hydrogens (tertiary/aromatic N) is 1. The summed E-state index contributed by atoms with van der Waals surface area (Å²) < 4.78 is 0.666. The van der Waals surface area contributed by atoms with Crippen LogP contribution in [-0.4, -0.2) is 35.0 Å². The van der Waals surface area contributed by atoms with E-state index in [9.17, 15) is 9.59 Å². The first kappa shape index (κ1) is 14.3. The SMILES string of the molecule is O=C(O)C1CCCN(C(=O)c2cc(Cl)ccc2Br)C1. The second-order valence-electron chi connectivity index (χ2n) is 4.55. The van der Waals surface area contributed by atoms with E-state index in [1.807, 2.05) is 0 Å². The third-order valence-electron chi connectivity index (χ3n) is 3.22. The van der Waals surface area contributed by atoms with E-state index in [1.165, 1.54) is 0 Å². The van der Waals surface area contributed by atoms with Crippen molar-refractivity contribution in [2.24, 2.45) is 5.92 Å². The number of likely N-dealkylation sites (tertiary alicyclic amines) is 1. The molecule has 1 N–H and O–H groups in total. The molecule has 4 nitrogen and oxygen atoms in total. The van der Waals surface area contributed by atoms with Crippen LogP contribution < -0.4 is 0 Å². The molecule has 1 heterocycles. The quantitative estimate of drug-likeness (QED) is 0.895. The maximum Gasteiger partial charge on any atom is 0.308 e. The average molecular weight is 347 g/mol. The highest BCUT2D eigenvalue weighted by molar-refractivity contribution is 9.10. The third-order valence-corrected chi connectivity index (χ3v) is 4.14. The second-order valence-corrected chi connectivity index (χ2v) is 5.84. The summed E-state index contributed by atoms with van der Waals surface area (Å²) in [6, 6.07) is 5.01. The number of halogens is 2. The Hall–Kier alpha value is -1.07. The lowest BCUT2D eigenvalue weighted by Crippen LogP contribution is -2.42. The summed E-state index contributed by atoms with van der Waals surface area (Å²) >= 11 is 9.21. The molecule has 1 atom stereocenters. The second kappa shape index (κ2) is 5.92. The van der Waals surface area contributed by atoms with Gasteiger partial charge in [0, 0.05) is 22.6 Å². The Morgan fingerprint density at radius 1 is 1.42 bits per heavy atom. The zero-order valence-electron chi connectivity index (χ0n) is 10.1. The van der Waals surface area contributed by atoms with E-state index in [4.69, 9.17) is 16.7 Å². The van der Waals surface area contributed by atoms with Crippen LogP contribution in [0.5, 0.6) is 0 Å². The third kappa shape index (κ3) is 3.28. The van der Waals surface area contributed by atoms with Crippen LogP contribution in [0.25, 0.3) is 0 Å².